The first-order valence-corrected chi connectivity index (χ1v) is 9.11. The summed E-state index contributed by atoms with van der Waals surface area (Å²) in [5.74, 6) is 0.132. The zero-order valence-electron chi connectivity index (χ0n) is 16.2. The van der Waals surface area contributed by atoms with Crippen molar-refractivity contribution in [3.8, 4) is 22.8 Å². The fourth-order valence-corrected chi connectivity index (χ4v) is 2.68. The maximum atomic E-state index is 13.8. The molecule has 1 N–H and O–H groups in total. The molecule has 0 spiro atoms. The number of carbonyl (C=O) groups is 1. The molecular weight excluding hydrogens is 375 g/mol. The molecule has 0 aliphatic heterocycles. The fourth-order valence-electron chi connectivity index (χ4n) is 2.68. The van der Waals surface area contributed by atoms with Crippen LogP contribution in [0.15, 0.2) is 49.1 Å². The van der Waals surface area contributed by atoms with E-state index in [1.54, 1.807) is 30.6 Å². The van der Waals surface area contributed by atoms with Gasteiger partial charge in [0.2, 0.25) is 11.8 Å². The summed E-state index contributed by atoms with van der Waals surface area (Å²) in [6, 6.07) is 6.92. The Hall–Kier alpha value is -3.55. The quantitative estimate of drug-likeness (QED) is 0.589. The molecule has 0 saturated heterocycles. The lowest BCUT2D eigenvalue weighted by atomic mass is 10.1. The second-order valence-corrected chi connectivity index (χ2v) is 6.11. The van der Waals surface area contributed by atoms with Gasteiger partial charge in [0.15, 0.2) is 0 Å². The highest BCUT2D eigenvalue weighted by Crippen LogP contribution is 2.20. The van der Waals surface area contributed by atoms with E-state index in [0.717, 1.165) is 11.1 Å². The molecule has 0 saturated carbocycles. The maximum absolute atomic E-state index is 13.8. The van der Waals surface area contributed by atoms with Crippen molar-refractivity contribution in [3.63, 3.8) is 0 Å². The molecule has 1 amide bonds. The van der Waals surface area contributed by atoms with E-state index in [1.165, 1.54) is 19.5 Å². The molecule has 150 valence electrons. The van der Waals surface area contributed by atoms with Crippen molar-refractivity contribution in [2.45, 2.75) is 13.3 Å². The standard InChI is InChI=1S/C21H21FN4O3/c1-3-29-19-5-4-15(12-25-19)16-8-17(11-23-10-16)21(27)24-7-6-14-9-18(28-2)13-26-20(14)22/h4-5,8-13H,3,6-7H2,1-2H3,(H,24,27). The Morgan fingerprint density at radius 1 is 1.10 bits per heavy atom. The van der Waals surface area contributed by atoms with Gasteiger partial charge in [-0.15, -0.1) is 0 Å². The van der Waals surface area contributed by atoms with E-state index in [1.807, 2.05) is 13.0 Å². The van der Waals surface area contributed by atoms with Crippen molar-refractivity contribution in [3.05, 3.63) is 66.1 Å². The third-order valence-corrected chi connectivity index (χ3v) is 4.16. The SMILES string of the molecule is CCOc1ccc(-c2cncc(C(=O)NCCc3cc(OC)cnc3F)c2)cn1. The molecule has 3 aromatic heterocycles. The number of nitrogens with zero attached hydrogens (tertiary/aromatic N) is 3. The molecule has 0 bridgehead atoms. The van der Waals surface area contributed by atoms with E-state index in [2.05, 4.69) is 20.3 Å². The van der Waals surface area contributed by atoms with E-state index in [0.29, 0.717) is 29.4 Å². The smallest absolute Gasteiger partial charge is 0.252 e. The van der Waals surface area contributed by atoms with Crippen molar-refractivity contribution < 1.29 is 18.7 Å². The van der Waals surface area contributed by atoms with Crippen molar-refractivity contribution in [2.24, 2.45) is 0 Å². The molecule has 3 aromatic rings. The van der Waals surface area contributed by atoms with Crippen LogP contribution in [-0.4, -0.2) is 41.1 Å². The summed E-state index contributed by atoms with van der Waals surface area (Å²) < 4.78 is 24.1. The molecule has 0 unspecified atom stereocenters. The third kappa shape index (κ3) is 5.25. The van der Waals surface area contributed by atoms with Gasteiger partial charge in [0.05, 0.1) is 25.5 Å². The molecule has 0 radical (unpaired) electrons. The summed E-state index contributed by atoms with van der Waals surface area (Å²) >= 11 is 0. The number of methoxy groups -OCH3 is 1. The van der Waals surface area contributed by atoms with Gasteiger partial charge in [-0.2, -0.15) is 4.39 Å². The maximum Gasteiger partial charge on any atom is 0.252 e. The number of ether oxygens (including phenoxy) is 2. The zero-order valence-corrected chi connectivity index (χ0v) is 16.2. The predicted molar refractivity (Wildman–Crippen MR) is 105 cm³/mol. The molecule has 3 rings (SSSR count). The Kier molecular flexibility index (Phi) is 6.67. The van der Waals surface area contributed by atoms with E-state index in [4.69, 9.17) is 9.47 Å². The summed E-state index contributed by atoms with van der Waals surface area (Å²) in [6.07, 6.45) is 6.41. The minimum absolute atomic E-state index is 0.249. The molecule has 7 nitrogen and oxygen atoms in total. The van der Waals surface area contributed by atoms with Crippen molar-refractivity contribution >= 4 is 5.91 Å². The Morgan fingerprint density at radius 3 is 2.69 bits per heavy atom. The van der Waals surface area contributed by atoms with E-state index in [-0.39, 0.29) is 18.9 Å². The highest BCUT2D eigenvalue weighted by atomic mass is 19.1. The van der Waals surface area contributed by atoms with E-state index >= 15 is 0 Å². The van der Waals surface area contributed by atoms with Gasteiger partial charge in [0.25, 0.3) is 5.91 Å². The minimum atomic E-state index is -0.577. The molecule has 3 heterocycles. The molecule has 29 heavy (non-hydrogen) atoms. The summed E-state index contributed by atoms with van der Waals surface area (Å²) in [6.45, 7) is 2.68. The second kappa shape index (κ2) is 9.59. The van der Waals surface area contributed by atoms with Gasteiger partial charge in [0.1, 0.15) is 5.75 Å². The van der Waals surface area contributed by atoms with E-state index in [9.17, 15) is 9.18 Å². The number of carbonyl (C=O) groups excluding carboxylic acids is 1. The lowest BCUT2D eigenvalue weighted by Crippen LogP contribution is -2.26. The van der Waals surface area contributed by atoms with Crippen LogP contribution in [-0.2, 0) is 6.42 Å². The average molecular weight is 396 g/mol. The first-order chi connectivity index (χ1) is 14.1. The van der Waals surface area contributed by atoms with Gasteiger partial charge in [0, 0.05) is 47.9 Å². The largest absolute Gasteiger partial charge is 0.495 e. The average Bonchev–Trinajstić information content (AvgIpc) is 2.76. The topological polar surface area (TPSA) is 86.2 Å². The molecule has 0 aliphatic carbocycles. The summed E-state index contributed by atoms with van der Waals surface area (Å²) in [7, 11) is 1.49. The molecule has 0 atom stereocenters. The number of hydrogen-bond donors (Lipinski definition) is 1. The number of amides is 1. The Labute approximate surface area is 167 Å². The normalized spacial score (nSPS) is 10.4. The second-order valence-electron chi connectivity index (χ2n) is 6.11. The molecule has 0 fully saturated rings. The monoisotopic (exact) mass is 396 g/mol. The number of aromatic nitrogens is 3. The van der Waals surface area contributed by atoms with Gasteiger partial charge in [-0.05, 0) is 31.5 Å². The first kappa shape index (κ1) is 20.2. The number of hydrogen-bond acceptors (Lipinski definition) is 6. The first-order valence-electron chi connectivity index (χ1n) is 9.11. The number of rotatable bonds is 8. The van der Waals surface area contributed by atoms with Crippen LogP contribution < -0.4 is 14.8 Å². The van der Waals surface area contributed by atoms with Crippen molar-refractivity contribution in [2.75, 3.05) is 20.3 Å². The van der Waals surface area contributed by atoms with Gasteiger partial charge < -0.3 is 14.8 Å². The number of halogens is 1. The molecule has 0 aliphatic rings. The van der Waals surface area contributed by atoms with Gasteiger partial charge in [-0.25, -0.2) is 9.97 Å². The van der Waals surface area contributed by atoms with Gasteiger partial charge >= 0.3 is 0 Å². The van der Waals surface area contributed by atoms with Crippen LogP contribution in [0.3, 0.4) is 0 Å². The van der Waals surface area contributed by atoms with Crippen LogP contribution in [0.1, 0.15) is 22.8 Å². The molecular formula is C21H21FN4O3. The molecule has 0 aromatic carbocycles. The predicted octanol–water partition coefficient (Wildman–Crippen LogP) is 3.06. The number of pyridine rings is 3. The zero-order chi connectivity index (χ0) is 20.6. The van der Waals surface area contributed by atoms with Crippen LogP contribution >= 0.6 is 0 Å². The Bertz CT molecular complexity index is 980. The highest BCUT2D eigenvalue weighted by Gasteiger charge is 2.10. The van der Waals surface area contributed by atoms with Crippen molar-refractivity contribution in [1.82, 2.24) is 20.3 Å². The minimum Gasteiger partial charge on any atom is -0.495 e. The Balaban J connectivity index is 1.63. The summed E-state index contributed by atoms with van der Waals surface area (Å²) in [4.78, 5) is 24.4. The lowest BCUT2D eigenvalue weighted by Gasteiger charge is -2.08. The van der Waals surface area contributed by atoms with Crippen LogP contribution in [0, 0.1) is 5.95 Å². The van der Waals surface area contributed by atoms with Crippen LogP contribution in [0.5, 0.6) is 11.6 Å². The summed E-state index contributed by atoms with van der Waals surface area (Å²) in [5, 5.41) is 2.77. The van der Waals surface area contributed by atoms with Gasteiger partial charge in [-0.1, -0.05) is 0 Å². The number of nitrogens with one attached hydrogen (secondary N) is 1. The molecule has 8 heteroatoms. The van der Waals surface area contributed by atoms with Crippen LogP contribution in [0.25, 0.3) is 11.1 Å². The van der Waals surface area contributed by atoms with Crippen molar-refractivity contribution in [1.29, 1.82) is 0 Å². The highest BCUT2D eigenvalue weighted by molar-refractivity contribution is 5.95. The third-order valence-electron chi connectivity index (χ3n) is 4.16. The van der Waals surface area contributed by atoms with Gasteiger partial charge in [-0.3, -0.25) is 9.78 Å². The van der Waals surface area contributed by atoms with E-state index < -0.39 is 5.95 Å². The fraction of sp³-hybridized carbons (Fsp3) is 0.238. The summed E-state index contributed by atoms with van der Waals surface area (Å²) in [5.41, 5.74) is 2.36. The Morgan fingerprint density at radius 2 is 1.97 bits per heavy atom. The lowest BCUT2D eigenvalue weighted by molar-refractivity contribution is 0.0953. The van der Waals surface area contributed by atoms with Crippen LogP contribution in [0.2, 0.25) is 0 Å². The van der Waals surface area contributed by atoms with Crippen LogP contribution in [0.4, 0.5) is 4.39 Å².